The third-order valence-electron chi connectivity index (χ3n) is 2.01. The molecule has 0 aromatic heterocycles. The van der Waals surface area contributed by atoms with Crippen LogP contribution in [0, 0.1) is 5.92 Å². The van der Waals surface area contributed by atoms with E-state index in [0.717, 1.165) is 0 Å². The molecule has 0 N–H and O–H groups in total. The van der Waals surface area contributed by atoms with Crippen LogP contribution in [0.5, 0.6) is 0 Å². The molecular formula is C9H19NOS. The average Bonchev–Trinajstić information content (AvgIpc) is 2.00. The van der Waals surface area contributed by atoms with Crippen molar-refractivity contribution in [2.45, 2.75) is 39.0 Å². The van der Waals surface area contributed by atoms with Crippen molar-refractivity contribution in [2.24, 2.45) is 5.92 Å². The van der Waals surface area contributed by atoms with Crippen molar-refractivity contribution >= 4 is 18.5 Å². The van der Waals surface area contributed by atoms with E-state index >= 15 is 0 Å². The van der Waals surface area contributed by atoms with Gasteiger partial charge in [-0.2, -0.15) is 12.6 Å². The molecule has 12 heavy (non-hydrogen) atoms. The molecule has 0 aromatic rings. The van der Waals surface area contributed by atoms with Crippen molar-refractivity contribution in [3.05, 3.63) is 0 Å². The summed E-state index contributed by atoms with van der Waals surface area (Å²) in [5.74, 6) is 0.408. The van der Waals surface area contributed by atoms with Crippen LogP contribution in [0.2, 0.25) is 0 Å². The van der Waals surface area contributed by atoms with Gasteiger partial charge in [0.05, 0.1) is 5.25 Å². The Bertz CT molecular complexity index is 141. The maximum atomic E-state index is 11.6. The molecule has 0 fully saturated rings. The Morgan fingerprint density at radius 2 is 1.67 bits per heavy atom. The van der Waals surface area contributed by atoms with E-state index in [0.29, 0.717) is 5.92 Å². The summed E-state index contributed by atoms with van der Waals surface area (Å²) >= 11 is 4.26. The first-order valence-corrected chi connectivity index (χ1v) is 4.84. The normalized spacial score (nSPS) is 13.7. The molecule has 1 unspecified atom stereocenters. The van der Waals surface area contributed by atoms with Gasteiger partial charge in [0.2, 0.25) is 5.91 Å². The molecule has 1 atom stereocenters. The molecule has 0 aromatic carbocycles. The van der Waals surface area contributed by atoms with E-state index in [2.05, 4.69) is 12.6 Å². The Kier molecular flexibility index (Phi) is 4.68. The molecule has 0 aliphatic rings. The number of hydrogen-bond acceptors (Lipinski definition) is 2. The van der Waals surface area contributed by atoms with Gasteiger partial charge in [-0.15, -0.1) is 0 Å². The highest BCUT2D eigenvalue weighted by Crippen LogP contribution is 2.12. The predicted molar refractivity (Wildman–Crippen MR) is 55.5 cm³/mol. The Labute approximate surface area is 80.7 Å². The number of nitrogens with zero attached hydrogens (tertiary/aromatic N) is 1. The molecule has 72 valence electrons. The van der Waals surface area contributed by atoms with Crippen molar-refractivity contribution in [3.8, 4) is 0 Å². The lowest BCUT2D eigenvalue weighted by Crippen LogP contribution is -2.40. The van der Waals surface area contributed by atoms with Gasteiger partial charge >= 0.3 is 0 Å². The molecule has 3 heteroatoms. The lowest BCUT2D eigenvalue weighted by molar-refractivity contribution is -0.131. The zero-order valence-corrected chi connectivity index (χ0v) is 9.43. The summed E-state index contributed by atoms with van der Waals surface area (Å²) in [7, 11) is 1.82. The fraction of sp³-hybridized carbons (Fsp3) is 0.889. The largest absolute Gasteiger partial charge is 0.342 e. The Hall–Kier alpha value is -0.180. The molecule has 0 bridgehead atoms. The van der Waals surface area contributed by atoms with Crippen molar-refractivity contribution in [1.82, 2.24) is 4.90 Å². The van der Waals surface area contributed by atoms with E-state index in [-0.39, 0.29) is 17.2 Å². The quantitative estimate of drug-likeness (QED) is 0.671. The molecule has 0 radical (unpaired) electrons. The summed E-state index contributed by atoms with van der Waals surface area (Å²) in [4.78, 5) is 13.3. The molecule has 0 aliphatic heterocycles. The van der Waals surface area contributed by atoms with Crippen LogP contribution >= 0.6 is 12.6 Å². The van der Waals surface area contributed by atoms with Gasteiger partial charge in [-0.05, 0) is 19.8 Å². The first-order chi connectivity index (χ1) is 5.37. The van der Waals surface area contributed by atoms with Crippen molar-refractivity contribution in [2.75, 3.05) is 7.05 Å². The van der Waals surface area contributed by atoms with Crippen LogP contribution in [-0.2, 0) is 4.79 Å². The average molecular weight is 189 g/mol. The van der Waals surface area contributed by atoms with Crippen LogP contribution in [0.1, 0.15) is 27.7 Å². The van der Waals surface area contributed by atoms with Crippen molar-refractivity contribution in [1.29, 1.82) is 0 Å². The van der Waals surface area contributed by atoms with Crippen LogP contribution in [0.15, 0.2) is 0 Å². The van der Waals surface area contributed by atoms with Crippen molar-refractivity contribution in [3.63, 3.8) is 0 Å². The molecule has 1 amide bonds. The van der Waals surface area contributed by atoms with Crippen LogP contribution in [0.4, 0.5) is 0 Å². The maximum Gasteiger partial charge on any atom is 0.235 e. The van der Waals surface area contributed by atoms with Gasteiger partial charge < -0.3 is 4.90 Å². The van der Waals surface area contributed by atoms with E-state index in [1.54, 1.807) is 4.90 Å². The lowest BCUT2D eigenvalue weighted by Gasteiger charge is -2.26. The monoisotopic (exact) mass is 189 g/mol. The minimum atomic E-state index is -0.169. The topological polar surface area (TPSA) is 20.3 Å². The molecule has 0 rings (SSSR count). The van der Waals surface area contributed by atoms with Gasteiger partial charge in [0.15, 0.2) is 0 Å². The number of carbonyl (C=O) groups excluding carboxylic acids is 1. The third kappa shape index (κ3) is 3.05. The van der Waals surface area contributed by atoms with E-state index in [1.165, 1.54) is 0 Å². The highest BCUT2D eigenvalue weighted by molar-refractivity contribution is 7.81. The molecular weight excluding hydrogens is 170 g/mol. The number of hydrogen-bond donors (Lipinski definition) is 1. The van der Waals surface area contributed by atoms with Crippen LogP contribution < -0.4 is 0 Å². The van der Waals surface area contributed by atoms with E-state index in [1.807, 2.05) is 34.7 Å². The van der Waals surface area contributed by atoms with Crippen LogP contribution in [0.25, 0.3) is 0 Å². The first-order valence-electron chi connectivity index (χ1n) is 4.32. The smallest absolute Gasteiger partial charge is 0.235 e. The van der Waals surface area contributed by atoms with Crippen LogP contribution in [0.3, 0.4) is 0 Å². The Morgan fingerprint density at radius 3 is 1.92 bits per heavy atom. The van der Waals surface area contributed by atoms with Crippen molar-refractivity contribution < 1.29 is 4.79 Å². The summed E-state index contributed by atoms with van der Waals surface area (Å²) in [5, 5.41) is -0.169. The number of thiol groups is 1. The second-order valence-corrected chi connectivity index (χ2v) is 4.29. The zero-order valence-electron chi connectivity index (χ0n) is 8.53. The number of amides is 1. The minimum absolute atomic E-state index is 0.114. The Balaban J connectivity index is 4.19. The fourth-order valence-electron chi connectivity index (χ4n) is 0.748. The highest BCUT2D eigenvalue weighted by Gasteiger charge is 2.22. The summed E-state index contributed by atoms with van der Waals surface area (Å²) in [6, 6.07) is 0.255. The van der Waals surface area contributed by atoms with Gasteiger partial charge in [0, 0.05) is 13.1 Å². The molecule has 0 saturated heterocycles. The first kappa shape index (κ1) is 11.8. The standard InChI is InChI=1S/C9H19NOS/c1-6(2)8(12)9(11)10(5)7(3)4/h6-8,12H,1-5H3. The minimum Gasteiger partial charge on any atom is -0.342 e. The predicted octanol–water partition coefficient (Wildman–Crippen LogP) is 1.81. The fourth-order valence-corrected chi connectivity index (χ4v) is 0.930. The summed E-state index contributed by atoms with van der Waals surface area (Å²) < 4.78 is 0. The van der Waals surface area contributed by atoms with E-state index < -0.39 is 0 Å². The van der Waals surface area contributed by atoms with Gasteiger partial charge in [0.25, 0.3) is 0 Å². The molecule has 0 spiro atoms. The van der Waals surface area contributed by atoms with Crippen LogP contribution in [-0.4, -0.2) is 29.1 Å². The second-order valence-electron chi connectivity index (χ2n) is 3.73. The maximum absolute atomic E-state index is 11.6. The number of rotatable bonds is 3. The zero-order chi connectivity index (χ0) is 9.89. The van der Waals surface area contributed by atoms with Gasteiger partial charge in [-0.3, -0.25) is 4.79 Å². The highest BCUT2D eigenvalue weighted by atomic mass is 32.1. The van der Waals surface area contributed by atoms with Gasteiger partial charge in [-0.1, -0.05) is 13.8 Å². The SMILES string of the molecule is CC(C)C(S)C(=O)N(C)C(C)C. The molecule has 0 aliphatic carbocycles. The Morgan fingerprint density at radius 1 is 1.25 bits per heavy atom. The second kappa shape index (κ2) is 4.75. The summed E-state index contributed by atoms with van der Waals surface area (Å²) in [5.41, 5.74) is 0. The third-order valence-corrected chi connectivity index (χ3v) is 2.82. The van der Waals surface area contributed by atoms with Gasteiger partial charge in [0.1, 0.15) is 0 Å². The summed E-state index contributed by atoms with van der Waals surface area (Å²) in [6.45, 7) is 8.00. The molecule has 0 heterocycles. The molecule has 0 saturated carbocycles. The van der Waals surface area contributed by atoms with Gasteiger partial charge in [-0.25, -0.2) is 0 Å². The molecule has 2 nitrogen and oxygen atoms in total. The summed E-state index contributed by atoms with van der Waals surface area (Å²) in [6.07, 6.45) is 0. The van der Waals surface area contributed by atoms with E-state index in [9.17, 15) is 4.79 Å². The lowest BCUT2D eigenvalue weighted by atomic mass is 10.1. The van der Waals surface area contributed by atoms with E-state index in [4.69, 9.17) is 0 Å². The number of carbonyl (C=O) groups is 1.